The van der Waals surface area contributed by atoms with Crippen LogP contribution in [0, 0.1) is 6.92 Å². The Kier molecular flexibility index (Phi) is 3.61. The number of hydrogen-bond donors (Lipinski definition) is 1. The number of hydrogen-bond acceptors (Lipinski definition) is 3. The van der Waals surface area contributed by atoms with Gasteiger partial charge < -0.3 is 14.6 Å². The highest BCUT2D eigenvalue weighted by Gasteiger charge is 2.51. The molecule has 1 aromatic carbocycles. The molecule has 4 nitrogen and oxygen atoms in total. The highest BCUT2D eigenvalue weighted by Crippen LogP contribution is 2.36. The highest BCUT2D eigenvalue weighted by atomic mass is 16.7. The zero-order valence-corrected chi connectivity index (χ0v) is 14.0. The van der Waals surface area contributed by atoms with Gasteiger partial charge in [0.15, 0.2) is 0 Å². The Hall–Kier alpha value is -1.33. The largest absolute Gasteiger partial charge is 0.494 e. The van der Waals surface area contributed by atoms with Crippen LogP contribution in [0.4, 0.5) is 0 Å². The maximum atomic E-state index is 11.5. The molecule has 0 saturated carbocycles. The van der Waals surface area contributed by atoms with E-state index in [2.05, 4.69) is 58.1 Å². The van der Waals surface area contributed by atoms with Crippen molar-refractivity contribution >= 4 is 18.5 Å². The second-order valence-electron chi connectivity index (χ2n) is 7.42. The summed E-state index contributed by atoms with van der Waals surface area (Å²) in [5, 5.41) is 3.03. The van der Waals surface area contributed by atoms with Crippen LogP contribution in [-0.4, -0.2) is 24.2 Å². The minimum atomic E-state index is -0.360. The molecule has 1 aromatic rings. The number of aryl methyl sites for hydroxylation is 1. The molecule has 2 aliphatic rings. The lowest BCUT2D eigenvalue weighted by molar-refractivity contribution is -0.119. The van der Waals surface area contributed by atoms with Gasteiger partial charge in [-0.15, -0.1) is 0 Å². The molecular weight excluding hydrogens is 277 g/mol. The molecule has 2 aliphatic heterocycles. The lowest BCUT2D eigenvalue weighted by Crippen LogP contribution is -2.41. The molecule has 118 valence electrons. The molecule has 1 amide bonds. The molecule has 1 unspecified atom stereocenters. The van der Waals surface area contributed by atoms with E-state index in [0.717, 1.165) is 23.0 Å². The summed E-state index contributed by atoms with van der Waals surface area (Å²) in [6.07, 6.45) is 1.45. The summed E-state index contributed by atoms with van der Waals surface area (Å²) in [4.78, 5) is 11.5. The summed E-state index contributed by atoms with van der Waals surface area (Å²) in [6, 6.07) is 6.44. The van der Waals surface area contributed by atoms with Crippen LogP contribution in [0.25, 0.3) is 0 Å². The minimum absolute atomic E-state index is 0.105. The molecule has 2 fully saturated rings. The third-order valence-corrected chi connectivity index (χ3v) is 5.05. The summed E-state index contributed by atoms with van der Waals surface area (Å²) in [5.74, 6) is 0.128. The maximum absolute atomic E-state index is 11.5. The highest BCUT2D eigenvalue weighted by molar-refractivity contribution is 6.62. The SMILES string of the molecule is Cc1cc(B2OC(C)(C)C(C)(C)O2)cc(C2CCC(=O)N2)c1. The predicted molar refractivity (Wildman–Crippen MR) is 87.0 cm³/mol. The van der Waals surface area contributed by atoms with Crippen LogP contribution in [0.2, 0.25) is 0 Å². The molecule has 5 heteroatoms. The normalized spacial score (nSPS) is 26.3. The summed E-state index contributed by atoms with van der Waals surface area (Å²) >= 11 is 0. The van der Waals surface area contributed by atoms with Gasteiger partial charge in [0.1, 0.15) is 0 Å². The van der Waals surface area contributed by atoms with Gasteiger partial charge in [0, 0.05) is 6.42 Å². The fraction of sp³-hybridized carbons (Fsp3) is 0.588. The van der Waals surface area contributed by atoms with Crippen molar-refractivity contribution in [3.63, 3.8) is 0 Å². The summed E-state index contributed by atoms with van der Waals surface area (Å²) < 4.78 is 12.3. The van der Waals surface area contributed by atoms with E-state index in [9.17, 15) is 4.79 Å². The topological polar surface area (TPSA) is 47.6 Å². The fourth-order valence-electron chi connectivity index (χ4n) is 3.02. The van der Waals surface area contributed by atoms with Crippen molar-refractivity contribution in [2.45, 2.75) is 64.7 Å². The fourth-order valence-corrected chi connectivity index (χ4v) is 3.02. The average Bonchev–Trinajstić information content (AvgIpc) is 2.91. The van der Waals surface area contributed by atoms with Gasteiger partial charge >= 0.3 is 7.12 Å². The lowest BCUT2D eigenvalue weighted by atomic mass is 9.77. The van der Waals surface area contributed by atoms with E-state index in [0.29, 0.717) is 6.42 Å². The van der Waals surface area contributed by atoms with Gasteiger partial charge in [-0.1, -0.05) is 23.8 Å². The predicted octanol–water partition coefficient (Wildman–Crippen LogP) is 2.25. The molecular formula is C17H24BNO3. The second kappa shape index (κ2) is 5.10. The van der Waals surface area contributed by atoms with E-state index in [-0.39, 0.29) is 30.3 Å². The van der Waals surface area contributed by atoms with Gasteiger partial charge in [0.25, 0.3) is 0 Å². The zero-order valence-electron chi connectivity index (χ0n) is 14.0. The Morgan fingerprint density at radius 3 is 2.32 bits per heavy atom. The van der Waals surface area contributed by atoms with Crippen molar-refractivity contribution in [2.24, 2.45) is 0 Å². The molecule has 1 N–H and O–H groups in total. The monoisotopic (exact) mass is 301 g/mol. The zero-order chi connectivity index (χ0) is 16.1. The molecule has 2 saturated heterocycles. The number of rotatable bonds is 2. The molecule has 0 radical (unpaired) electrons. The van der Waals surface area contributed by atoms with Crippen molar-refractivity contribution in [3.05, 3.63) is 29.3 Å². The van der Waals surface area contributed by atoms with E-state index >= 15 is 0 Å². The van der Waals surface area contributed by atoms with Crippen LogP contribution < -0.4 is 10.8 Å². The van der Waals surface area contributed by atoms with Crippen LogP contribution >= 0.6 is 0 Å². The Bertz CT molecular complexity index is 596. The van der Waals surface area contributed by atoms with Gasteiger partial charge in [0.2, 0.25) is 5.91 Å². The van der Waals surface area contributed by atoms with Gasteiger partial charge in [-0.05, 0) is 52.1 Å². The number of nitrogens with one attached hydrogen (secondary N) is 1. The first-order chi connectivity index (χ1) is 10.2. The number of benzene rings is 1. The van der Waals surface area contributed by atoms with Crippen LogP contribution in [0.1, 0.15) is 57.7 Å². The van der Waals surface area contributed by atoms with Gasteiger partial charge in [-0.3, -0.25) is 4.79 Å². The first kappa shape index (κ1) is 15.6. The summed E-state index contributed by atoms with van der Waals surface area (Å²) in [5.41, 5.74) is 2.63. The lowest BCUT2D eigenvalue weighted by Gasteiger charge is -2.32. The van der Waals surface area contributed by atoms with Gasteiger partial charge in [-0.2, -0.15) is 0 Å². The average molecular weight is 301 g/mol. The van der Waals surface area contributed by atoms with Crippen molar-refractivity contribution in [1.29, 1.82) is 0 Å². The van der Waals surface area contributed by atoms with E-state index in [4.69, 9.17) is 9.31 Å². The van der Waals surface area contributed by atoms with Crippen LogP contribution in [0.5, 0.6) is 0 Å². The van der Waals surface area contributed by atoms with E-state index in [1.807, 2.05) is 0 Å². The maximum Gasteiger partial charge on any atom is 0.494 e. The minimum Gasteiger partial charge on any atom is -0.399 e. The van der Waals surface area contributed by atoms with Crippen LogP contribution in [0.15, 0.2) is 18.2 Å². The molecule has 0 spiro atoms. The third-order valence-electron chi connectivity index (χ3n) is 5.05. The van der Waals surface area contributed by atoms with E-state index in [1.165, 1.54) is 0 Å². The molecule has 3 rings (SSSR count). The Morgan fingerprint density at radius 2 is 1.77 bits per heavy atom. The van der Waals surface area contributed by atoms with E-state index in [1.54, 1.807) is 0 Å². The number of carbonyl (C=O) groups excluding carboxylic acids is 1. The number of amides is 1. The van der Waals surface area contributed by atoms with E-state index < -0.39 is 0 Å². The molecule has 0 aliphatic carbocycles. The van der Waals surface area contributed by atoms with Gasteiger partial charge in [-0.25, -0.2) is 0 Å². The first-order valence-corrected chi connectivity index (χ1v) is 7.94. The standard InChI is InChI=1S/C17H24BNO3/c1-11-8-12(14-6-7-15(20)19-14)10-13(9-11)18-21-16(2,3)17(4,5)22-18/h8-10,14H,6-7H2,1-5H3,(H,19,20). The molecule has 22 heavy (non-hydrogen) atoms. The van der Waals surface area contributed by atoms with Crippen molar-refractivity contribution in [1.82, 2.24) is 5.32 Å². The third kappa shape index (κ3) is 2.68. The Labute approximate surface area is 132 Å². The summed E-state index contributed by atoms with van der Waals surface area (Å²) in [6.45, 7) is 10.3. The quantitative estimate of drug-likeness (QED) is 0.852. The Morgan fingerprint density at radius 1 is 1.14 bits per heavy atom. The van der Waals surface area contributed by atoms with Gasteiger partial charge in [0.05, 0.1) is 17.2 Å². The van der Waals surface area contributed by atoms with Crippen molar-refractivity contribution < 1.29 is 14.1 Å². The molecule has 0 bridgehead atoms. The van der Waals surface area contributed by atoms with Crippen LogP contribution in [-0.2, 0) is 14.1 Å². The molecule has 2 heterocycles. The smallest absolute Gasteiger partial charge is 0.399 e. The molecule has 0 aromatic heterocycles. The van der Waals surface area contributed by atoms with Crippen molar-refractivity contribution in [3.8, 4) is 0 Å². The Balaban J connectivity index is 1.89. The van der Waals surface area contributed by atoms with Crippen LogP contribution in [0.3, 0.4) is 0 Å². The van der Waals surface area contributed by atoms with Crippen molar-refractivity contribution in [2.75, 3.05) is 0 Å². The second-order valence-corrected chi connectivity index (χ2v) is 7.42. The first-order valence-electron chi connectivity index (χ1n) is 7.94. The number of carbonyl (C=O) groups is 1. The summed E-state index contributed by atoms with van der Waals surface area (Å²) in [7, 11) is -0.360. The molecule has 1 atom stereocenters.